The average Bonchev–Trinajstić information content (AvgIpc) is 3.48. The quantitative estimate of drug-likeness (QED) is 0.697. The van der Waals surface area contributed by atoms with E-state index in [0.29, 0.717) is 31.1 Å². The number of amides is 1. The van der Waals surface area contributed by atoms with Crippen LogP contribution in [0, 0.1) is 5.82 Å². The number of H-pyrrole nitrogens is 1. The van der Waals surface area contributed by atoms with E-state index in [9.17, 15) is 9.18 Å². The summed E-state index contributed by atoms with van der Waals surface area (Å²) in [6.45, 7) is 1.14. The Morgan fingerprint density at radius 1 is 1.21 bits per heavy atom. The van der Waals surface area contributed by atoms with Gasteiger partial charge in [-0.25, -0.2) is 14.4 Å². The lowest BCUT2D eigenvalue weighted by molar-refractivity contribution is 0.0940. The number of aromatic amines is 1. The molecule has 1 amide bonds. The maximum atomic E-state index is 13.3. The number of hydrogen-bond acceptors (Lipinski definition) is 5. The van der Waals surface area contributed by atoms with Crippen LogP contribution in [0.1, 0.15) is 46.2 Å². The Morgan fingerprint density at radius 2 is 2.00 bits per heavy atom. The first-order valence-electron chi connectivity index (χ1n) is 9.78. The van der Waals surface area contributed by atoms with Crippen LogP contribution in [0.25, 0.3) is 11.3 Å². The van der Waals surface area contributed by atoms with Crippen molar-refractivity contribution in [2.75, 3.05) is 18.5 Å². The van der Waals surface area contributed by atoms with E-state index in [1.165, 1.54) is 12.1 Å². The first-order valence-corrected chi connectivity index (χ1v) is 9.78. The molecule has 7 nitrogen and oxygen atoms in total. The summed E-state index contributed by atoms with van der Waals surface area (Å²) in [7, 11) is 1.97. The van der Waals surface area contributed by atoms with Crippen LogP contribution in [0.5, 0.6) is 0 Å². The first kappa shape index (κ1) is 17.8. The molecule has 0 bridgehead atoms. The lowest BCUT2D eigenvalue weighted by atomic mass is 10.0. The van der Waals surface area contributed by atoms with Crippen molar-refractivity contribution in [3.05, 3.63) is 58.9 Å². The molecule has 3 heterocycles. The van der Waals surface area contributed by atoms with Crippen LogP contribution in [-0.4, -0.2) is 39.7 Å². The molecule has 1 saturated carbocycles. The van der Waals surface area contributed by atoms with E-state index in [-0.39, 0.29) is 11.7 Å². The van der Waals surface area contributed by atoms with Crippen molar-refractivity contribution in [3.8, 4) is 11.3 Å². The number of halogens is 1. The molecule has 1 fully saturated rings. The molecule has 0 spiro atoms. The van der Waals surface area contributed by atoms with Gasteiger partial charge in [0, 0.05) is 42.7 Å². The second kappa shape index (κ2) is 6.95. The van der Waals surface area contributed by atoms with Gasteiger partial charge < -0.3 is 10.2 Å². The van der Waals surface area contributed by atoms with E-state index in [1.807, 2.05) is 11.9 Å². The van der Waals surface area contributed by atoms with Gasteiger partial charge in [0.2, 0.25) is 0 Å². The topological polar surface area (TPSA) is 86.8 Å². The summed E-state index contributed by atoms with van der Waals surface area (Å²) in [4.78, 5) is 23.8. The summed E-state index contributed by atoms with van der Waals surface area (Å²) in [5.74, 6) is 1.52. The summed E-state index contributed by atoms with van der Waals surface area (Å²) in [5, 5.41) is 10.1. The van der Waals surface area contributed by atoms with Gasteiger partial charge in [0.1, 0.15) is 23.2 Å². The molecule has 3 aromatic rings. The predicted molar refractivity (Wildman–Crippen MR) is 106 cm³/mol. The molecular formula is C21H21FN6O. The molecule has 1 aliphatic heterocycles. The molecular weight excluding hydrogens is 371 g/mol. The van der Waals surface area contributed by atoms with Crippen LogP contribution >= 0.6 is 0 Å². The van der Waals surface area contributed by atoms with Crippen LogP contribution in [-0.2, 0) is 13.0 Å². The highest BCUT2D eigenvalue weighted by Gasteiger charge is 2.32. The Kier molecular flexibility index (Phi) is 4.26. The molecule has 0 atom stereocenters. The standard InChI is InChI=1S/C21H21FN6O/c1-28(11-14-10-24-27-17(14)12-4-6-15(22)7-5-12)20-16-8-9-23-21(29)18(16)25-19(26-20)13-2-3-13/h4-7,10,13H,2-3,8-9,11H2,1H3,(H,23,29)(H,24,27). The Morgan fingerprint density at radius 3 is 2.76 bits per heavy atom. The smallest absolute Gasteiger partial charge is 0.270 e. The fourth-order valence-corrected chi connectivity index (χ4v) is 3.76. The minimum Gasteiger partial charge on any atom is -0.355 e. The second-order valence-corrected chi connectivity index (χ2v) is 7.65. The van der Waals surface area contributed by atoms with Crippen molar-refractivity contribution >= 4 is 11.7 Å². The number of nitrogens with one attached hydrogen (secondary N) is 2. The summed E-state index contributed by atoms with van der Waals surface area (Å²) < 4.78 is 13.3. The number of carbonyl (C=O) groups is 1. The van der Waals surface area contributed by atoms with Crippen molar-refractivity contribution in [3.63, 3.8) is 0 Å². The van der Waals surface area contributed by atoms with Crippen LogP contribution in [0.2, 0.25) is 0 Å². The molecule has 1 aliphatic carbocycles. The normalized spacial score (nSPS) is 15.7. The van der Waals surface area contributed by atoms with Gasteiger partial charge in [0.15, 0.2) is 0 Å². The molecule has 2 aliphatic rings. The zero-order valence-electron chi connectivity index (χ0n) is 16.1. The number of carbonyl (C=O) groups excluding carboxylic acids is 1. The number of hydrogen-bond donors (Lipinski definition) is 2. The number of fused-ring (bicyclic) bond motifs is 1. The monoisotopic (exact) mass is 392 g/mol. The first-order chi connectivity index (χ1) is 14.1. The van der Waals surface area contributed by atoms with Crippen LogP contribution in [0.3, 0.4) is 0 Å². The van der Waals surface area contributed by atoms with E-state index in [1.54, 1.807) is 18.3 Å². The summed E-state index contributed by atoms with van der Waals surface area (Å²) in [6, 6.07) is 6.33. The van der Waals surface area contributed by atoms with Gasteiger partial charge in [-0.05, 0) is 43.5 Å². The molecule has 8 heteroatoms. The van der Waals surface area contributed by atoms with Gasteiger partial charge in [-0.15, -0.1) is 0 Å². The van der Waals surface area contributed by atoms with E-state index in [0.717, 1.165) is 46.9 Å². The predicted octanol–water partition coefficient (Wildman–Crippen LogP) is 2.81. The molecule has 148 valence electrons. The highest BCUT2D eigenvalue weighted by atomic mass is 19.1. The van der Waals surface area contributed by atoms with E-state index >= 15 is 0 Å². The van der Waals surface area contributed by atoms with Crippen molar-refractivity contribution in [1.82, 2.24) is 25.5 Å². The van der Waals surface area contributed by atoms with Gasteiger partial charge in [-0.2, -0.15) is 5.10 Å². The summed E-state index contributed by atoms with van der Waals surface area (Å²) in [5.41, 5.74) is 4.09. The maximum absolute atomic E-state index is 13.3. The van der Waals surface area contributed by atoms with Gasteiger partial charge >= 0.3 is 0 Å². The average molecular weight is 392 g/mol. The van der Waals surface area contributed by atoms with Gasteiger partial charge in [-0.1, -0.05) is 0 Å². The minimum absolute atomic E-state index is 0.125. The van der Waals surface area contributed by atoms with Gasteiger partial charge in [0.05, 0.1) is 11.9 Å². The summed E-state index contributed by atoms with van der Waals surface area (Å²) in [6.07, 6.45) is 4.62. The maximum Gasteiger partial charge on any atom is 0.270 e. The fraction of sp³-hybridized carbons (Fsp3) is 0.333. The molecule has 5 rings (SSSR count). The Hall–Kier alpha value is -3.29. The Labute approximate surface area is 167 Å². The highest BCUT2D eigenvalue weighted by Crippen LogP contribution is 2.40. The molecule has 0 unspecified atom stereocenters. The second-order valence-electron chi connectivity index (χ2n) is 7.65. The number of anilines is 1. The fourth-order valence-electron chi connectivity index (χ4n) is 3.76. The van der Waals surface area contributed by atoms with Crippen molar-refractivity contribution < 1.29 is 9.18 Å². The van der Waals surface area contributed by atoms with Gasteiger partial charge in [0.25, 0.3) is 5.91 Å². The molecule has 0 radical (unpaired) electrons. The minimum atomic E-state index is -0.273. The third-order valence-corrected chi connectivity index (χ3v) is 5.44. The van der Waals surface area contributed by atoms with Crippen LogP contribution < -0.4 is 10.2 Å². The van der Waals surface area contributed by atoms with E-state index in [4.69, 9.17) is 4.98 Å². The summed E-state index contributed by atoms with van der Waals surface area (Å²) >= 11 is 0. The zero-order valence-corrected chi connectivity index (χ0v) is 16.1. The molecule has 29 heavy (non-hydrogen) atoms. The lowest BCUT2D eigenvalue weighted by Crippen LogP contribution is -2.35. The Balaban J connectivity index is 1.49. The number of aromatic nitrogens is 4. The van der Waals surface area contributed by atoms with Crippen molar-refractivity contribution in [1.29, 1.82) is 0 Å². The number of rotatable bonds is 5. The van der Waals surface area contributed by atoms with Crippen LogP contribution in [0.4, 0.5) is 10.2 Å². The van der Waals surface area contributed by atoms with Crippen molar-refractivity contribution in [2.45, 2.75) is 31.7 Å². The van der Waals surface area contributed by atoms with Gasteiger partial charge in [-0.3, -0.25) is 9.89 Å². The Bertz CT molecular complexity index is 1070. The molecule has 1 aromatic carbocycles. The highest BCUT2D eigenvalue weighted by molar-refractivity contribution is 5.96. The molecule has 0 saturated heterocycles. The SMILES string of the molecule is CN(Cc1cn[nH]c1-c1ccc(F)cc1)c1nc(C2CC2)nc2c1CCNC2=O. The third kappa shape index (κ3) is 3.35. The van der Waals surface area contributed by atoms with E-state index < -0.39 is 0 Å². The van der Waals surface area contributed by atoms with Crippen LogP contribution in [0.15, 0.2) is 30.5 Å². The van der Waals surface area contributed by atoms with E-state index in [2.05, 4.69) is 20.5 Å². The zero-order chi connectivity index (χ0) is 20.0. The third-order valence-electron chi connectivity index (χ3n) is 5.44. The molecule has 2 aromatic heterocycles. The molecule has 2 N–H and O–H groups in total. The number of nitrogens with zero attached hydrogens (tertiary/aromatic N) is 4. The van der Waals surface area contributed by atoms with Crippen molar-refractivity contribution in [2.24, 2.45) is 0 Å². The number of benzene rings is 1. The largest absolute Gasteiger partial charge is 0.355 e. The lowest BCUT2D eigenvalue weighted by Gasteiger charge is -2.25.